The predicted octanol–water partition coefficient (Wildman–Crippen LogP) is 5.97. The van der Waals surface area contributed by atoms with Gasteiger partial charge in [0.1, 0.15) is 16.6 Å². The van der Waals surface area contributed by atoms with E-state index in [0.717, 1.165) is 6.42 Å². The number of pyridine rings is 1. The van der Waals surface area contributed by atoms with E-state index in [1.54, 1.807) is 17.3 Å². The van der Waals surface area contributed by atoms with Crippen LogP contribution in [0, 0.1) is 11.7 Å². The number of fused-ring (bicyclic) bond motifs is 4. The summed E-state index contributed by atoms with van der Waals surface area (Å²) >= 11 is 15.7. The second-order valence-electron chi connectivity index (χ2n) is 8.82. The number of hydrogen-bond acceptors (Lipinski definition) is 4. The summed E-state index contributed by atoms with van der Waals surface area (Å²) in [5.74, 6) is -0.307. The predicted molar refractivity (Wildman–Crippen MR) is 117 cm³/mol. The Kier molecular flexibility index (Phi) is 4.51. The molecule has 6 nitrogen and oxygen atoms in total. The number of amides is 1. The van der Waals surface area contributed by atoms with Gasteiger partial charge in [0, 0.05) is 17.8 Å². The maximum absolute atomic E-state index is 14.8. The molecule has 2 bridgehead atoms. The molecule has 3 aromatic rings. The fourth-order valence-electron chi connectivity index (χ4n) is 4.56. The molecule has 6 rings (SSSR count). The lowest BCUT2D eigenvalue weighted by Gasteiger charge is -2.38. The third-order valence-electron chi connectivity index (χ3n) is 5.79. The number of carbonyl (C=O) groups excluding carboxylic acids is 1. The quantitative estimate of drug-likeness (QED) is 0.296. The van der Waals surface area contributed by atoms with Crippen LogP contribution < -0.4 is 0 Å². The second-order valence-corrected chi connectivity index (χ2v) is 10.4. The smallest absolute Gasteiger partial charge is 0.410 e. The molecule has 4 heterocycles. The topological polar surface area (TPSA) is 60.2 Å². The van der Waals surface area contributed by atoms with E-state index in [4.69, 9.17) is 27.9 Å². The molecule has 10 heteroatoms. The van der Waals surface area contributed by atoms with E-state index in [1.165, 1.54) is 0 Å². The Bertz CT molecular complexity index is 1230. The van der Waals surface area contributed by atoms with Crippen molar-refractivity contribution in [3.63, 3.8) is 0 Å². The highest BCUT2D eigenvalue weighted by atomic mass is 79.9. The fraction of sp³-hybridized carbons (Fsp3) is 0.450. The van der Waals surface area contributed by atoms with Crippen molar-refractivity contribution in [1.82, 2.24) is 19.4 Å². The maximum atomic E-state index is 14.8. The third kappa shape index (κ3) is 2.91. The summed E-state index contributed by atoms with van der Waals surface area (Å²) in [5, 5.41) is 0.901. The van der Waals surface area contributed by atoms with E-state index in [1.807, 2.05) is 25.3 Å². The zero-order valence-electron chi connectivity index (χ0n) is 16.4. The Morgan fingerprint density at radius 3 is 2.77 bits per heavy atom. The van der Waals surface area contributed by atoms with Crippen molar-refractivity contribution in [2.45, 2.75) is 44.9 Å². The van der Waals surface area contributed by atoms with Gasteiger partial charge < -0.3 is 14.2 Å². The molecule has 3 fully saturated rings. The van der Waals surface area contributed by atoms with Gasteiger partial charge in [-0.15, -0.1) is 0 Å². The lowest BCUT2D eigenvalue weighted by molar-refractivity contribution is 0.0210. The van der Waals surface area contributed by atoms with Gasteiger partial charge in [-0.3, -0.25) is 0 Å². The number of hydrogen-bond donors (Lipinski definition) is 0. The minimum absolute atomic E-state index is 0.00895. The van der Waals surface area contributed by atoms with Crippen molar-refractivity contribution in [3.8, 4) is 0 Å². The van der Waals surface area contributed by atoms with E-state index in [-0.39, 0.29) is 44.3 Å². The van der Waals surface area contributed by atoms with E-state index in [9.17, 15) is 9.18 Å². The van der Waals surface area contributed by atoms with Crippen LogP contribution in [0.15, 0.2) is 16.9 Å². The molecule has 3 atom stereocenters. The van der Waals surface area contributed by atoms with Gasteiger partial charge >= 0.3 is 6.09 Å². The van der Waals surface area contributed by atoms with Gasteiger partial charge in [0.15, 0.2) is 11.0 Å². The summed E-state index contributed by atoms with van der Waals surface area (Å²) in [6, 6.07) is 1.66. The lowest BCUT2D eigenvalue weighted by Crippen LogP contribution is -2.44. The average Bonchev–Trinajstić information content (AvgIpc) is 3.33. The summed E-state index contributed by atoms with van der Waals surface area (Å²) < 4.78 is 22.5. The average molecular weight is 516 g/mol. The van der Waals surface area contributed by atoms with Gasteiger partial charge in [-0.05, 0) is 49.2 Å². The third-order valence-corrected chi connectivity index (χ3v) is 7.36. The first-order chi connectivity index (χ1) is 14.1. The van der Waals surface area contributed by atoms with Crippen LogP contribution in [0.25, 0.3) is 21.9 Å². The van der Waals surface area contributed by atoms with Crippen LogP contribution >= 0.6 is 39.1 Å². The van der Waals surface area contributed by atoms with Crippen LogP contribution in [0.3, 0.4) is 0 Å². The number of imidazole rings is 1. The Labute approximate surface area is 190 Å². The van der Waals surface area contributed by atoms with Crippen molar-refractivity contribution in [2.75, 3.05) is 6.54 Å². The lowest BCUT2D eigenvalue weighted by atomic mass is 9.79. The minimum atomic E-state index is -0.569. The molecule has 2 aromatic heterocycles. The highest BCUT2D eigenvalue weighted by molar-refractivity contribution is 9.10. The zero-order valence-corrected chi connectivity index (χ0v) is 19.5. The molecule has 3 aliphatic rings. The summed E-state index contributed by atoms with van der Waals surface area (Å²) in [4.78, 5) is 23.1. The summed E-state index contributed by atoms with van der Waals surface area (Å²) in [6.07, 6.45) is 2.26. The standard InChI is InChI=1S/C20H18BrCl2FN4O2/c1-20(2,3)30-19(29)27-6-8-4-11(27)16(8)28-7-25-15-17(28)9-5-10(22)12(21)13(24)14(9)26-18(15)23/h5,7-8,11,16H,4,6H2,1-3H3. The van der Waals surface area contributed by atoms with E-state index < -0.39 is 11.4 Å². The molecule has 158 valence electrons. The number of nitrogens with zero attached hydrogens (tertiary/aromatic N) is 4. The van der Waals surface area contributed by atoms with Crippen LogP contribution in [0.1, 0.15) is 33.2 Å². The van der Waals surface area contributed by atoms with Crippen molar-refractivity contribution in [2.24, 2.45) is 5.92 Å². The van der Waals surface area contributed by atoms with Crippen LogP contribution in [0.4, 0.5) is 9.18 Å². The molecule has 0 spiro atoms. The number of aromatic nitrogens is 3. The van der Waals surface area contributed by atoms with Gasteiger partial charge in [0.25, 0.3) is 0 Å². The van der Waals surface area contributed by atoms with Gasteiger partial charge in [0.2, 0.25) is 0 Å². The van der Waals surface area contributed by atoms with Crippen molar-refractivity contribution in [1.29, 1.82) is 0 Å². The molecule has 1 amide bonds. The number of halogens is 4. The Morgan fingerprint density at radius 2 is 2.07 bits per heavy atom. The molecule has 1 saturated carbocycles. The molecule has 1 aromatic carbocycles. The van der Waals surface area contributed by atoms with Crippen LogP contribution in [0.2, 0.25) is 10.2 Å². The van der Waals surface area contributed by atoms with Gasteiger partial charge in [-0.2, -0.15) is 0 Å². The Morgan fingerprint density at radius 1 is 1.33 bits per heavy atom. The normalized spacial score (nSPS) is 23.3. The first-order valence-electron chi connectivity index (χ1n) is 9.55. The first kappa shape index (κ1) is 20.3. The minimum Gasteiger partial charge on any atom is -0.444 e. The maximum Gasteiger partial charge on any atom is 0.410 e. The zero-order chi connectivity index (χ0) is 21.5. The largest absolute Gasteiger partial charge is 0.444 e. The number of rotatable bonds is 1. The molecule has 2 aliphatic heterocycles. The van der Waals surface area contributed by atoms with Crippen LogP contribution in [-0.4, -0.2) is 43.7 Å². The highest BCUT2D eigenvalue weighted by Crippen LogP contribution is 2.51. The van der Waals surface area contributed by atoms with Crippen molar-refractivity contribution >= 4 is 67.2 Å². The Hall–Kier alpha value is -1.64. The van der Waals surface area contributed by atoms with Gasteiger partial charge in [0.05, 0.1) is 33.4 Å². The summed E-state index contributed by atoms with van der Waals surface area (Å²) in [6.45, 7) is 6.17. The molecular formula is C20H18BrCl2FN4O2. The molecule has 0 N–H and O–H groups in total. The van der Waals surface area contributed by atoms with Gasteiger partial charge in [-0.25, -0.2) is 19.2 Å². The van der Waals surface area contributed by atoms with E-state index in [0.29, 0.717) is 23.0 Å². The van der Waals surface area contributed by atoms with Gasteiger partial charge in [-0.1, -0.05) is 23.2 Å². The highest BCUT2D eigenvalue weighted by Gasteiger charge is 2.56. The van der Waals surface area contributed by atoms with Crippen LogP contribution in [0.5, 0.6) is 0 Å². The second kappa shape index (κ2) is 6.68. The summed E-state index contributed by atoms with van der Waals surface area (Å²) in [5.41, 5.74) is 0.723. The monoisotopic (exact) mass is 514 g/mol. The van der Waals surface area contributed by atoms with Crippen LogP contribution in [-0.2, 0) is 4.74 Å². The van der Waals surface area contributed by atoms with Crippen molar-refractivity contribution < 1.29 is 13.9 Å². The fourth-order valence-corrected chi connectivity index (χ4v) is 5.28. The Balaban J connectivity index is 1.62. The number of carbonyl (C=O) groups is 1. The molecular weight excluding hydrogens is 498 g/mol. The number of benzene rings is 1. The molecule has 0 radical (unpaired) electrons. The molecule has 2 saturated heterocycles. The molecule has 1 aliphatic carbocycles. The molecule has 3 unspecified atom stereocenters. The first-order valence-corrected chi connectivity index (χ1v) is 11.1. The SMILES string of the molecule is CC(C)(C)OC(=O)N1CC2CC1C2n1cnc2c(Cl)nc3c(F)c(Br)c(Cl)cc3c21. The number of ether oxygens (including phenoxy) is 1. The van der Waals surface area contributed by atoms with Crippen molar-refractivity contribution in [3.05, 3.63) is 32.9 Å². The summed E-state index contributed by atoms with van der Waals surface area (Å²) in [7, 11) is 0. The van der Waals surface area contributed by atoms with E-state index >= 15 is 0 Å². The molecule has 30 heavy (non-hydrogen) atoms. The van der Waals surface area contributed by atoms with E-state index in [2.05, 4.69) is 25.9 Å².